The van der Waals surface area contributed by atoms with Gasteiger partial charge in [-0.25, -0.2) is 0 Å². The van der Waals surface area contributed by atoms with E-state index in [1.807, 2.05) is 0 Å². The Labute approximate surface area is 146 Å². The number of guanidine groups is 1. The van der Waals surface area contributed by atoms with Gasteiger partial charge < -0.3 is 20.4 Å². The van der Waals surface area contributed by atoms with Gasteiger partial charge in [-0.05, 0) is 17.5 Å². The summed E-state index contributed by atoms with van der Waals surface area (Å²) in [6.07, 6.45) is 0. The highest BCUT2D eigenvalue weighted by molar-refractivity contribution is 14.0. The number of thiophene rings is 1. The third-order valence-corrected chi connectivity index (χ3v) is 4.22. The van der Waals surface area contributed by atoms with Crippen LogP contribution in [0, 0.1) is 0 Å². The quantitative estimate of drug-likeness (QED) is 0.429. The first kappa shape index (κ1) is 18.0. The molecule has 1 aromatic rings. The number of anilines is 1. The zero-order valence-corrected chi connectivity index (χ0v) is 15.5. The molecule has 2 rings (SSSR count). The van der Waals surface area contributed by atoms with E-state index in [1.54, 1.807) is 25.4 Å². The second kappa shape index (κ2) is 9.08. The first-order valence-electron chi connectivity index (χ1n) is 6.69. The monoisotopic (exact) mass is 423 g/mol. The van der Waals surface area contributed by atoms with E-state index in [0.29, 0.717) is 0 Å². The number of halogens is 1. The molecule has 1 fully saturated rings. The minimum Gasteiger partial charge on any atom is -0.360 e. The van der Waals surface area contributed by atoms with Crippen molar-refractivity contribution in [1.82, 2.24) is 15.5 Å². The summed E-state index contributed by atoms with van der Waals surface area (Å²) in [5.74, 6) is 0.753. The number of nitrogens with zero attached hydrogens (tertiary/aromatic N) is 3. The topological polar surface area (TPSA) is 60.0 Å². The SMILES string of the molecule is CN=C(NCC(=O)NC)N1CCN(c2cccs2)CC1.I. The van der Waals surface area contributed by atoms with Crippen LogP contribution in [0.1, 0.15) is 0 Å². The molecule has 1 aliphatic rings. The average molecular weight is 423 g/mol. The van der Waals surface area contributed by atoms with Crippen molar-refractivity contribution in [2.75, 3.05) is 51.7 Å². The summed E-state index contributed by atoms with van der Waals surface area (Å²) in [7, 11) is 3.38. The van der Waals surface area contributed by atoms with E-state index in [0.717, 1.165) is 32.1 Å². The fourth-order valence-corrected chi connectivity index (χ4v) is 2.95. The van der Waals surface area contributed by atoms with Gasteiger partial charge >= 0.3 is 0 Å². The molecule has 0 unspecified atom stereocenters. The second-order valence-electron chi connectivity index (χ2n) is 4.50. The maximum atomic E-state index is 11.3. The molecular weight excluding hydrogens is 401 g/mol. The van der Waals surface area contributed by atoms with Crippen LogP contribution in [0.15, 0.2) is 22.5 Å². The highest BCUT2D eigenvalue weighted by Gasteiger charge is 2.20. The molecule has 0 bridgehead atoms. The van der Waals surface area contributed by atoms with Crippen LogP contribution in [0.4, 0.5) is 5.00 Å². The van der Waals surface area contributed by atoms with Gasteiger partial charge in [0.05, 0.1) is 11.5 Å². The number of hydrogen-bond acceptors (Lipinski definition) is 4. The Balaban J connectivity index is 0.00000220. The molecule has 1 aliphatic heterocycles. The van der Waals surface area contributed by atoms with E-state index >= 15 is 0 Å². The number of hydrogen-bond donors (Lipinski definition) is 2. The van der Waals surface area contributed by atoms with Gasteiger partial charge in [0.15, 0.2) is 5.96 Å². The van der Waals surface area contributed by atoms with Gasteiger partial charge in [-0.15, -0.1) is 35.3 Å². The molecule has 6 nitrogen and oxygen atoms in total. The third-order valence-electron chi connectivity index (χ3n) is 3.29. The Morgan fingerprint density at radius 2 is 2.10 bits per heavy atom. The first-order valence-corrected chi connectivity index (χ1v) is 7.57. The van der Waals surface area contributed by atoms with Gasteiger partial charge in [0, 0.05) is 40.3 Å². The van der Waals surface area contributed by atoms with Crippen LogP contribution in [0.25, 0.3) is 0 Å². The van der Waals surface area contributed by atoms with Crippen molar-refractivity contribution in [3.8, 4) is 0 Å². The summed E-state index contributed by atoms with van der Waals surface area (Å²) in [4.78, 5) is 20.1. The predicted octanol–water partition coefficient (Wildman–Crippen LogP) is 0.810. The number of piperazine rings is 1. The first-order chi connectivity index (χ1) is 9.74. The van der Waals surface area contributed by atoms with Crippen LogP contribution >= 0.6 is 35.3 Å². The van der Waals surface area contributed by atoms with Crippen molar-refractivity contribution in [1.29, 1.82) is 0 Å². The van der Waals surface area contributed by atoms with Crippen LogP contribution in [-0.2, 0) is 4.79 Å². The van der Waals surface area contributed by atoms with Gasteiger partial charge in [0.1, 0.15) is 0 Å². The molecule has 0 radical (unpaired) electrons. The van der Waals surface area contributed by atoms with E-state index in [9.17, 15) is 4.79 Å². The van der Waals surface area contributed by atoms with Crippen LogP contribution < -0.4 is 15.5 Å². The molecule has 1 saturated heterocycles. The number of rotatable bonds is 3. The molecule has 118 valence electrons. The number of amides is 1. The number of carbonyl (C=O) groups is 1. The van der Waals surface area contributed by atoms with Crippen molar-refractivity contribution < 1.29 is 4.79 Å². The molecule has 0 spiro atoms. The molecule has 0 saturated carbocycles. The predicted molar refractivity (Wildman–Crippen MR) is 98.9 cm³/mol. The highest BCUT2D eigenvalue weighted by atomic mass is 127. The fraction of sp³-hybridized carbons (Fsp3) is 0.538. The minimum atomic E-state index is -0.0385. The number of carbonyl (C=O) groups excluding carboxylic acids is 1. The largest absolute Gasteiger partial charge is 0.360 e. The lowest BCUT2D eigenvalue weighted by Gasteiger charge is -2.36. The normalized spacial score (nSPS) is 15.4. The minimum absolute atomic E-state index is 0. The molecule has 0 aliphatic carbocycles. The summed E-state index contributed by atoms with van der Waals surface area (Å²) in [6, 6.07) is 4.23. The zero-order valence-electron chi connectivity index (χ0n) is 12.3. The second-order valence-corrected chi connectivity index (χ2v) is 5.43. The lowest BCUT2D eigenvalue weighted by Crippen LogP contribution is -2.53. The Hall–Kier alpha value is -1.03. The summed E-state index contributed by atoms with van der Waals surface area (Å²) in [5.41, 5.74) is 0. The standard InChI is InChI=1S/C13H21N5OS.HI/c1-14-11(19)10-16-13(15-2)18-7-5-17(6-8-18)12-4-3-9-20-12;/h3-4,9H,5-8,10H2,1-2H3,(H,14,19)(H,15,16);1H. The number of likely N-dealkylation sites (N-methyl/N-ethyl adjacent to an activating group) is 1. The number of nitrogens with one attached hydrogen (secondary N) is 2. The van der Waals surface area contributed by atoms with Crippen LogP contribution in [0.3, 0.4) is 0 Å². The van der Waals surface area contributed by atoms with Crippen molar-refractivity contribution >= 4 is 52.2 Å². The highest BCUT2D eigenvalue weighted by Crippen LogP contribution is 2.22. The molecule has 8 heteroatoms. The Morgan fingerprint density at radius 3 is 2.62 bits per heavy atom. The van der Waals surface area contributed by atoms with Gasteiger partial charge in [-0.1, -0.05) is 0 Å². The molecular formula is C13H22IN5OS. The Morgan fingerprint density at radius 1 is 1.38 bits per heavy atom. The molecule has 1 amide bonds. The summed E-state index contributed by atoms with van der Waals surface area (Å²) in [6.45, 7) is 4.02. The van der Waals surface area contributed by atoms with Gasteiger partial charge in [0.2, 0.25) is 5.91 Å². The van der Waals surface area contributed by atoms with Gasteiger partial charge in [0.25, 0.3) is 0 Å². The van der Waals surface area contributed by atoms with Crippen molar-refractivity contribution in [3.63, 3.8) is 0 Å². The maximum Gasteiger partial charge on any atom is 0.239 e. The lowest BCUT2D eigenvalue weighted by atomic mass is 10.3. The third kappa shape index (κ3) is 5.03. The van der Waals surface area contributed by atoms with Crippen molar-refractivity contribution in [2.45, 2.75) is 0 Å². The van der Waals surface area contributed by atoms with E-state index in [1.165, 1.54) is 5.00 Å². The fourth-order valence-electron chi connectivity index (χ4n) is 2.17. The Kier molecular flexibility index (Phi) is 7.79. The summed E-state index contributed by atoms with van der Waals surface area (Å²) >= 11 is 1.77. The van der Waals surface area contributed by atoms with E-state index in [2.05, 4.69) is 42.9 Å². The average Bonchev–Trinajstić information content (AvgIpc) is 3.02. The molecule has 1 aromatic heterocycles. The summed E-state index contributed by atoms with van der Waals surface area (Å²) < 4.78 is 0. The molecule has 21 heavy (non-hydrogen) atoms. The smallest absolute Gasteiger partial charge is 0.239 e. The zero-order chi connectivity index (χ0) is 14.4. The van der Waals surface area contributed by atoms with E-state index < -0.39 is 0 Å². The molecule has 2 N–H and O–H groups in total. The summed E-state index contributed by atoms with van der Waals surface area (Å²) in [5, 5.41) is 9.10. The maximum absolute atomic E-state index is 11.3. The van der Waals surface area contributed by atoms with Gasteiger partial charge in [-0.3, -0.25) is 9.79 Å². The van der Waals surface area contributed by atoms with Crippen molar-refractivity contribution in [2.24, 2.45) is 4.99 Å². The molecule has 2 heterocycles. The van der Waals surface area contributed by atoms with E-state index in [4.69, 9.17) is 0 Å². The van der Waals surface area contributed by atoms with Crippen LogP contribution in [0.2, 0.25) is 0 Å². The van der Waals surface area contributed by atoms with Crippen molar-refractivity contribution in [3.05, 3.63) is 17.5 Å². The van der Waals surface area contributed by atoms with E-state index in [-0.39, 0.29) is 36.4 Å². The Bertz CT molecular complexity index is 457. The molecule has 0 atom stereocenters. The van der Waals surface area contributed by atoms with Gasteiger partial charge in [-0.2, -0.15) is 0 Å². The molecule has 0 aromatic carbocycles. The van der Waals surface area contributed by atoms with Crippen LogP contribution in [0.5, 0.6) is 0 Å². The lowest BCUT2D eigenvalue weighted by molar-refractivity contribution is -0.119. The number of aliphatic imine (C=N–C) groups is 1. The van der Waals surface area contributed by atoms with Crippen LogP contribution in [-0.4, -0.2) is 63.6 Å².